The molecule has 0 aliphatic heterocycles. The van der Waals surface area contributed by atoms with Gasteiger partial charge in [-0.15, -0.1) is 0 Å². The first-order valence-electron chi connectivity index (χ1n) is 31.2. The third-order valence-electron chi connectivity index (χ3n) is 14.3. The van der Waals surface area contributed by atoms with Gasteiger partial charge in [0, 0.05) is 19.3 Å². The van der Waals surface area contributed by atoms with E-state index in [1.807, 2.05) is 0 Å². The van der Waals surface area contributed by atoms with Crippen molar-refractivity contribution in [3.8, 4) is 0 Å². The zero-order valence-corrected chi connectivity index (χ0v) is 46.9. The monoisotopic (exact) mass is 973 g/mol. The summed E-state index contributed by atoms with van der Waals surface area (Å²) in [5.41, 5.74) is 0. The standard InChI is InChI=1S/C63H120O6/c1-4-7-10-13-16-19-22-24-26-28-30-32-34-35-37-39-41-44-47-50-53-56-62(65)68-59-60(58-67-61(64)55-52-49-46-43-21-18-15-12-9-6-3)69-63(66)57-54-51-48-45-42-40-38-36-33-31-29-27-25-23-20-17-14-11-8-5-2/h28,30,60H,4-27,29,31-59H2,1-3H3/b30-28-. The molecule has 408 valence electrons. The summed E-state index contributed by atoms with van der Waals surface area (Å²) in [4.78, 5) is 38.2. The van der Waals surface area contributed by atoms with Gasteiger partial charge < -0.3 is 14.2 Å². The van der Waals surface area contributed by atoms with Gasteiger partial charge in [0.05, 0.1) is 0 Å². The van der Waals surface area contributed by atoms with Gasteiger partial charge in [0.2, 0.25) is 0 Å². The molecule has 6 heteroatoms. The van der Waals surface area contributed by atoms with Crippen LogP contribution < -0.4 is 0 Å². The van der Waals surface area contributed by atoms with E-state index in [1.54, 1.807) is 0 Å². The lowest BCUT2D eigenvalue weighted by molar-refractivity contribution is -0.167. The Bertz CT molecular complexity index is 1070. The molecular weight excluding hydrogens is 853 g/mol. The molecule has 1 atom stereocenters. The van der Waals surface area contributed by atoms with Crippen LogP contribution in [0.3, 0.4) is 0 Å². The van der Waals surface area contributed by atoms with Crippen molar-refractivity contribution in [2.24, 2.45) is 0 Å². The van der Waals surface area contributed by atoms with Crippen LogP contribution in [0, 0.1) is 0 Å². The molecule has 0 fully saturated rings. The zero-order chi connectivity index (χ0) is 50.0. The van der Waals surface area contributed by atoms with Crippen LogP contribution in [0.5, 0.6) is 0 Å². The van der Waals surface area contributed by atoms with E-state index in [0.29, 0.717) is 19.3 Å². The molecule has 0 N–H and O–H groups in total. The summed E-state index contributed by atoms with van der Waals surface area (Å²) in [6.45, 7) is 6.69. The molecule has 0 saturated carbocycles. The van der Waals surface area contributed by atoms with Crippen molar-refractivity contribution in [3.05, 3.63) is 12.2 Å². The lowest BCUT2D eigenvalue weighted by atomic mass is 10.0. The Morgan fingerprint density at radius 1 is 0.275 bits per heavy atom. The van der Waals surface area contributed by atoms with E-state index < -0.39 is 6.10 Å². The third-order valence-corrected chi connectivity index (χ3v) is 14.3. The van der Waals surface area contributed by atoms with E-state index in [4.69, 9.17) is 14.2 Å². The first-order valence-corrected chi connectivity index (χ1v) is 31.2. The predicted molar refractivity (Wildman–Crippen MR) is 298 cm³/mol. The van der Waals surface area contributed by atoms with Crippen molar-refractivity contribution in [1.29, 1.82) is 0 Å². The van der Waals surface area contributed by atoms with E-state index >= 15 is 0 Å². The van der Waals surface area contributed by atoms with Crippen LogP contribution in [-0.4, -0.2) is 37.2 Å². The molecule has 0 amide bonds. The molecule has 0 aliphatic carbocycles. The molecule has 6 nitrogen and oxygen atoms in total. The fourth-order valence-electron chi connectivity index (χ4n) is 9.56. The Balaban J connectivity index is 4.21. The van der Waals surface area contributed by atoms with Crippen LogP contribution in [0.1, 0.15) is 355 Å². The van der Waals surface area contributed by atoms with Gasteiger partial charge in [0.15, 0.2) is 6.10 Å². The van der Waals surface area contributed by atoms with Gasteiger partial charge in [-0.25, -0.2) is 0 Å². The molecular formula is C63H120O6. The van der Waals surface area contributed by atoms with Gasteiger partial charge in [-0.1, -0.05) is 303 Å². The van der Waals surface area contributed by atoms with Crippen LogP contribution in [0.25, 0.3) is 0 Å². The maximum Gasteiger partial charge on any atom is 0.306 e. The van der Waals surface area contributed by atoms with Crippen molar-refractivity contribution >= 4 is 17.9 Å². The number of rotatable bonds is 58. The van der Waals surface area contributed by atoms with Crippen LogP contribution in [0.15, 0.2) is 12.2 Å². The van der Waals surface area contributed by atoms with Gasteiger partial charge in [-0.2, -0.15) is 0 Å². The summed E-state index contributed by atoms with van der Waals surface area (Å²) in [6.07, 6.45) is 67.9. The van der Waals surface area contributed by atoms with E-state index in [2.05, 4.69) is 32.9 Å². The maximum absolute atomic E-state index is 12.9. The Morgan fingerprint density at radius 2 is 0.478 bits per heavy atom. The number of hydrogen-bond donors (Lipinski definition) is 0. The summed E-state index contributed by atoms with van der Waals surface area (Å²) in [5.74, 6) is -0.841. The van der Waals surface area contributed by atoms with Gasteiger partial charge >= 0.3 is 17.9 Å². The van der Waals surface area contributed by atoms with Crippen LogP contribution in [0.4, 0.5) is 0 Å². The number of ether oxygens (including phenoxy) is 3. The van der Waals surface area contributed by atoms with Crippen LogP contribution in [0.2, 0.25) is 0 Å². The van der Waals surface area contributed by atoms with Crippen molar-refractivity contribution in [2.45, 2.75) is 361 Å². The number of carbonyl (C=O) groups is 3. The quantitative estimate of drug-likeness (QED) is 0.0261. The normalized spacial score (nSPS) is 12.0. The lowest BCUT2D eigenvalue weighted by Gasteiger charge is -2.18. The highest BCUT2D eigenvalue weighted by molar-refractivity contribution is 5.71. The van der Waals surface area contributed by atoms with E-state index in [9.17, 15) is 14.4 Å². The molecule has 0 radical (unpaired) electrons. The van der Waals surface area contributed by atoms with Crippen molar-refractivity contribution in [3.63, 3.8) is 0 Å². The number of allylic oxidation sites excluding steroid dienone is 2. The second kappa shape index (κ2) is 58.7. The Morgan fingerprint density at radius 3 is 0.725 bits per heavy atom. The molecule has 0 rings (SSSR count). The van der Waals surface area contributed by atoms with E-state index in [0.717, 1.165) is 57.8 Å². The molecule has 0 spiro atoms. The van der Waals surface area contributed by atoms with Crippen molar-refractivity contribution in [1.82, 2.24) is 0 Å². The van der Waals surface area contributed by atoms with E-state index in [1.165, 1.54) is 257 Å². The summed E-state index contributed by atoms with van der Waals surface area (Å²) in [7, 11) is 0. The summed E-state index contributed by atoms with van der Waals surface area (Å²) < 4.78 is 16.9. The molecule has 0 aromatic carbocycles. The van der Waals surface area contributed by atoms with Gasteiger partial charge in [0.25, 0.3) is 0 Å². The number of unbranched alkanes of at least 4 members (excludes halogenated alkanes) is 45. The number of hydrogen-bond acceptors (Lipinski definition) is 6. The smallest absolute Gasteiger partial charge is 0.306 e. The Hall–Kier alpha value is -1.85. The zero-order valence-electron chi connectivity index (χ0n) is 46.9. The summed E-state index contributed by atoms with van der Waals surface area (Å²) in [5, 5.41) is 0. The first kappa shape index (κ1) is 67.1. The largest absolute Gasteiger partial charge is 0.462 e. The van der Waals surface area contributed by atoms with Gasteiger partial charge in [-0.05, 0) is 44.9 Å². The topological polar surface area (TPSA) is 78.9 Å². The molecule has 0 heterocycles. The fourth-order valence-corrected chi connectivity index (χ4v) is 9.56. The second-order valence-corrected chi connectivity index (χ2v) is 21.3. The van der Waals surface area contributed by atoms with Crippen LogP contribution in [-0.2, 0) is 28.6 Å². The summed E-state index contributed by atoms with van der Waals surface area (Å²) in [6, 6.07) is 0. The minimum Gasteiger partial charge on any atom is -0.462 e. The molecule has 0 aliphatic rings. The van der Waals surface area contributed by atoms with Crippen molar-refractivity contribution < 1.29 is 28.6 Å². The minimum atomic E-state index is -0.765. The molecule has 0 bridgehead atoms. The second-order valence-electron chi connectivity index (χ2n) is 21.3. The third kappa shape index (κ3) is 56.9. The first-order chi connectivity index (χ1) is 34.0. The lowest BCUT2D eigenvalue weighted by Crippen LogP contribution is -2.30. The molecule has 0 aromatic heterocycles. The van der Waals surface area contributed by atoms with Gasteiger partial charge in [0.1, 0.15) is 13.2 Å². The molecule has 1 unspecified atom stereocenters. The molecule has 0 saturated heterocycles. The molecule has 0 aromatic rings. The van der Waals surface area contributed by atoms with Gasteiger partial charge in [-0.3, -0.25) is 14.4 Å². The fraction of sp³-hybridized carbons (Fsp3) is 0.921. The molecule has 69 heavy (non-hydrogen) atoms. The van der Waals surface area contributed by atoms with Crippen LogP contribution >= 0.6 is 0 Å². The highest BCUT2D eigenvalue weighted by Gasteiger charge is 2.19. The minimum absolute atomic E-state index is 0.0646. The highest BCUT2D eigenvalue weighted by atomic mass is 16.6. The SMILES string of the molecule is CCCCCCCCCC/C=C\CCCCCCCCCCCC(=O)OCC(COC(=O)CCCCCCCCCCCC)OC(=O)CCCCCCCCCCCCCCCCCCCCCC. The van der Waals surface area contributed by atoms with E-state index in [-0.39, 0.29) is 31.1 Å². The Labute approximate surface area is 431 Å². The number of carbonyl (C=O) groups excluding carboxylic acids is 3. The van der Waals surface area contributed by atoms with Crippen molar-refractivity contribution in [2.75, 3.05) is 13.2 Å². The number of esters is 3. The average Bonchev–Trinajstić information content (AvgIpc) is 3.35. The average molecular weight is 974 g/mol. The summed E-state index contributed by atoms with van der Waals surface area (Å²) >= 11 is 0. The predicted octanol–water partition coefficient (Wildman–Crippen LogP) is 20.9. The Kier molecular flexibility index (Phi) is 57.1. The highest BCUT2D eigenvalue weighted by Crippen LogP contribution is 2.18. The maximum atomic E-state index is 12.9.